The predicted molar refractivity (Wildman–Crippen MR) is 68.3 cm³/mol. The smallest absolute Gasteiger partial charge is 0.387 e. The molecule has 2 rings (SSSR count). The van der Waals surface area contributed by atoms with Crippen LogP contribution in [0.25, 0.3) is 0 Å². The van der Waals surface area contributed by atoms with Crippen molar-refractivity contribution in [1.82, 2.24) is 10.6 Å². The second-order valence-electron chi connectivity index (χ2n) is 4.48. The molecule has 5 nitrogen and oxygen atoms in total. The molecule has 1 aromatic carbocycles. The molecule has 0 saturated carbocycles. The first-order valence-corrected chi connectivity index (χ1v) is 6.22. The van der Waals surface area contributed by atoms with Gasteiger partial charge >= 0.3 is 6.61 Å². The van der Waals surface area contributed by atoms with Gasteiger partial charge in [0.1, 0.15) is 0 Å². The fourth-order valence-corrected chi connectivity index (χ4v) is 1.83. The number of rotatable bonds is 6. The van der Waals surface area contributed by atoms with Crippen molar-refractivity contribution < 1.29 is 23.0 Å². The highest BCUT2D eigenvalue weighted by Gasteiger charge is 2.18. The van der Waals surface area contributed by atoms with Crippen LogP contribution in [-0.4, -0.2) is 39.3 Å². The van der Waals surface area contributed by atoms with Crippen LogP contribution in [-0.2, 0) is 0 Å². The molecule has 0 radical (unpaired) electrons. The lowest BCUT2D eigenvalue weighted by molar-refractivity contribution is -0.0512. The number of amides is 1. The second-order valence-corrected chi connectivity index (χ2v) is 4.48. The first-order valence-electron chi connectivity index (χ1n) is 6.22. The number of ether oxygens (including phenoxy) is 2. The minimum absolute atomic E-state index is 0.0951. The Labute approximate surface area is 115 Å². The summed E-state index contributed by atoms with van der Waals surface area (Å²) >= 11 is 0. The third kappa shape index (κ3) is 3.57. The van der Waals surface area contributed by atoms with Gasteiger partial charge in [-0.1, -0.05) is 0 Å². The highest BCUT2D eigenvalue weighted by atomic mass is 19.3. The highest BCUT2D eigenvalue weighted by molar-refractivity contribution is 5.94. The van der Waals surface area contributed by atoms with Gasteiger partial charge in [-0.25, -0.2) is 0 Å². The molecule has 1 aromatic rings. The molecule has 1 aliphatic heterocycles. The van der Waals surface area contributed by atoms with Crippen molar-refractivity contribution in [2.45, 2.75) is 6.61 Å². The van der Waals surface area contributed by atoms with Gasteiger partial charge in [0.25, 0.3) is 5.91 Å². The molecule has 0 spiro atoms. The maximum Gasteiger partial charge on any atom is 0.387 e. The van der Waals surface area contributed by atoms with E-state index in [0.29, 0.717) is 18.0 Å². The van der Waals surface area contributed by atoms with E-state index in [4.69, 9.17) is 4.74 Å². The van der Waals surface area contributed by atoms with Crippen LogP contribution in [0.4, 0.5) is 8.78 Å². The quantitative estimate of drug-likeness (QED) is 0.826. The molecule has 1 saturated heterocycles. The number of methoxy groups -OCH3 is 1. The monoisotopic (exact) mass is 286 g/mol. The first-order chi connectivity index (χ1) is 9.60. The van der Waals surface area contributed by atoms with E-state index in [1.54, 1.807) is 0 Å². The van der Waals surface area contributed by atoms with E-state index >= 15 is 0 Å². The number of nitrogens with one attached hydrogen (secondary N) is 2. The van der Waals surface area contributed by atoms with Crippen molar-refractivity contribution >= 4 is 5.91 Å². The summed E-state index contributed by atoms with van der Waals surface area (Å²) in [6.45, 7) is -0.561. The van der Waals surface area contributed by atoms with Crippen LogP contribution < -0.4 is 20.1 Å². The van der Waals surface area contributed by atoms with Crippen molar-refractivity contribution in [2.75, 3.05) is 26.7 Å². The zero-order chi connectivity index (χ0) is 14.5. The van der Waals surface area contributed by atoms with Crippen molar-refractivity contribution in [3.8, 4) is 11.5 Å². The minimum Gasteiger partial charge on any atom is -0.493 e. The van der Waals surface area contributed by atoms with E-state index in [0.717, 1.165) is 13.1 Å². The molecule has 0 unspecified atom stereocenters. The third-order valence-corrected chi connectivity index (χ3v) is 3.06. The molecule has 0 aromatic heterocycles. The molecular weight excluding hydrogens is 270 g/mol. The Hall–Kier alpha value is -1.89. The van der Waals surface area contributed by atoms with Gasteiger partial charge in [-0.15, -0.1) is 0 Å². The summed E-state index contributed by atoms with van der Waals surface area (Å²) in [6.07, 6.45) is 0. The summed E-state index contributed by atoms with van der Waals surface area (Å²) < 4.78 is 33.6. The molecule has 1 amide bonds. The summed E-state index contributed by atoms with van der Waals surface area (Å²) in [5.74, 6) is 0.187. The maximum atomic E-state index is 12.2. The van der Waals surface area contributed by atoms with E-state index < -0.39 is 6.61 Å². The van der Waals surface area contributed by atoms with Crippen LogP contribution in [0.2, 0.25) is 0 Å². The fourth-order valence-electron chi connectivity index (χ4n) is 1.83. The van der Waals surface area contributed by atoms with Gasteiger partial charge in [0.2, 0.25) is 0 Å². The fraction of sp³-hybridized carbons (Fsp3) is 0.462. The van der Waals surface area contributed by atoms with Gasteiger partial charge in [0.15, 0.2) is 11.5 Å². The molecular formula is C13H16F2N2O3. The molecule has 2 N–H and O–H groups in total. The van der Waals surface area contributed by atoms with Gasteiger partial charge in [0, 0.05) is 31.1 Å². The van der Waals surface area contributed by atoms with Crippen LogP contribution in [0.1, 0.15) is 10.4 Å². The zero-order valence-electron chi connectivity index (χ0n) is 11.0. The topological polar surface area (TPSA) is 59.6 Å². The molecule has 0 aliphatic carbocycles. The summed E-state index contributed by atoms with van der Waals surface area (Å²) in [6, 6.07) is 4.10. The summed E-state index contributed by atoms with van der Waals surface area (Å²) in [7, 11) is 1.33. The van der Waals surface area contributed by atoms with Crippen molar-refractivity contribution in [2.24, 2.45) is 5.92 Å². The summed E-state index contributed by atoms with van der Waals surface area (Å²) in [4.78, 5) is 11.9. The molecule has 20 heavy (non-hydrogen) atoms. The summed E-state index contributed by atoms with van der Waals surface area (Å²) in [5, 5.41) is 5.90. The zero-order valence-corrected chi connectivity index (χ0v) is 11.0. The summed E-state index contributed by atoms with van der Waals surface area (Å²) in [5.41, 5.74) is 0.343. The Balaban J connectivity index is 2.01. The lowest BCUT2D eigenvalue weighted by Gasteiger charge is -2.27. The van der Waals surface area contributed by atoms with Crippen molar-refractivity contribution in [3.63, 3.8) is 0 Å². The van der Waals surface area contributed by atoms with Crippen LogP contribution >= 0.6 is 0 Å². The number of halogens is 2. The largest absolute Gasteiger partial charge is 0.493 e. The normalized spacial score (nSPS) is 14.8. The van der Waals surface area contributed by atoms with Gasteiger partial charge < -0.3 is 20.1 Å². The Morgan fingerprint density at radius 2 is 2.20 bits per heavy atom. The van der Waals surface area contributed by atoms with Gasteiger partial charge in [0.05, 0.1) is 7.11 Å². The molecule has 110 valence electrons. The number of carbonyl (C=O) groups excluding carboxylic acids is 1. The van der Waals surface area contributed by atoms with Crippen LogP contribution in [0.5, 0.6) is 11.5 Å². The van der Waals surface area contributed by atoms with Crippen LogP contribution in [0.3, 0.4) is 0 Å². The third-order valence-electron chi connectivity index (χ3n) is 3.06. The minimum atomic E-state index is -2.94. The number of alkyl halides is 2. The number of hydrogen-bond donors (Lipinski definition) is 2. The Kier molecular flexibility index (Phi) is 4.73. The molecule has 7 heteroatoms. The number of benzene rings is 1. The standard InChI is InChI=1S/C13H16F2N2O3/c1-19-11-4-9(2-3-10(11)20-13(14)15)12(18)17-7-8-5-16-6-8/h2-4,8,13,16H,5-7H2,1H3,(H,17,18). The number of hydrogen-bond acceptors (Lipinski definition) is 4. The maximum absolute atomic E-state index is 12.2. The van der Waals surface area contributed by atoms with Gasteiger partial charge in [-0.2, -0.15) is 8.78 Å². The molecule has 0 atom stereocenters. The second kappa shape index (κ2) is 6.51. The average molecular weight is 286 g/mol. The average Bonchev–Trinajstić information content (AvgIpc) is 2.36. The van der Waals surface area contributed by atoms with E-state index in [2.05, 4.69) is 15.4 Å². The van der Waals surface area contributed by atoms with Crippen LogP contribution in [0, 0.1) is 5.92 Å². The number of carbonyl (C=O) groups is 1. The Bertz CT molecular complexity index is 479. The molecule has 1 aliphatic rings. The van der Waals surface area contributed by atoms with Gasteiger partial charge in [-0.05, 0) is 18.2 Å². The van der Waals surface area contributed by atoms with E-state index in [9.17, 15) is 13.6 Å². The van der Waals surface area contributed by atoms with Crippen LogP contribution in [0.15, 0.2) is 18.2 Å². The van der Waals surface area contributed by atoms with E-state index in [1.165, 1.54) is 25.3 Å². The molecule has 1 fully saturated rings. The van der Waals surface area contributed by atoms with Crippen molar-refractivity contribution in [3.05, 3.63) is 23.8 Å². The van der Waals surface area contributed by atoms with Gasteiger partial charge in [-0.3, -0.25) is 4.79 Å². The van der Waals surface area contributed by atoms with E-state index in [1.807, 2.05) is 0 Å². The first kappa shape index (κ1) is 14.5. The van der Waals surface area contributed by atoms with E-state index in [-0.39, 0.29) is 17.4 Å². The highest BCUT2D eigenvalue weighted by Crippen LogP contribution is 2.29. The molecule has 0 bridgehead atoms. The SMILES string of the molecule is COc1cc(C(=O)NCC2CNC2)ccc1OC(F)F. The van der Waals surface area contributed by atoms with Crippen molar-refractivity contribution in [1.29, 1.82) is 0 Å². The lowest BCUT2D eigenvalue weighted by Crippen LogP contribution is -2.48. The lowest BCUT2D eigenvalue weighted by atomic mass is 10.0. The predicted octanol–water partition coefficient (Wildman–Crippen LogP) is 1.25. The Morgan fingerprint density at radius 3 is 2.75 bits per heavy atom. The molecule has 1 heterocycles. The Morgan fingerprint density at radius 1 is 1.45 bits per heavy atom.